The molecule has 0 aliphatic heterocycles. The Labute approximate surface area is 106 Å². The average Bonchev–Trinajstić information content (AvgIpc) is 2.23. The van der Waals surface area contributed by atoms with E-state index in [1.807, 2.05) is 0 Å². The Balaban J connectivity index is 4.18. The van der Waals surface area contributed by atoms with Gasteiger partial charge in [0, 0.05) is 6.61 Å². The van der Waals surface area contributed by atoms with Crippen molar-refractivity contribution in [2.45, 2.75) is 58.2 Å². The van der Waals surface area contributed by atoms with Crippen LogP contribution in [0.15, 0.2) is 11.9 Å². The van der Waals surface area contributed by atoms with Gasteiger partial charge >= 0.3 is 0 Å². The largest absolute Gasteiger partial charge is 0.417 e. The van der Waals surface area contributed by atoms with Gasteiger partial charge in [0.1, 0.15) is 5.83 Å². The minimum atomic E-state index is -1.75. The molecule has 0 aromatic heterocycles. The Hall–Kier alpha value is -0.193. The Morgan fingerprint density at radius 3 is 2.47 bits per heavy atom. The number of aliphatic hydroxyl groups is 1. The molecule has 0 amide bonds. The number of hydrogen-bond acceptors (Lipinski definition) is 2. The second-order valence-electron chi connectivity index (χ2n) is 5.59. The molecule has 0 aromatic rings. The van der Waals surface area contributed by atoms with Crippen molar-refractivity contribution in [3.8, 4) is 0 Å². The second kappa shape index (κ2) is 7.29. The highest BCUT2D eigenvalue weighted by Crippen LogP contribution is 2.41. The molecular formula is C13H27FO2Si. The van der Waals surface area contributed by atoms with Crippen molar-refractivity contribution >= 4 is 8.32 Å². The topological polar surface area (TPSA) is 29.5 Å². The van der Waals surface area contributed by atoms with Crippen molar-refractivity contribution in [3.63, 3.8) is 0 Å². The lowest BCUT2D eigenvalue weighted by Gasteiger charge is -2.39. The van der Waals surface area contributed by atoms with E-state index in [9.17, 15) is 4.39 Å². The van der Waals surface area contributed by atoms with Crippen LogP contribution in [0.3, 0.4) is 0 Å². The van der Waals surface area contributed by atoms with Crippen LogP contribution in [0.5, 0.6) is 0 Å². The first-order valence-electron chi connectivity index (χ1n) is 6.36. The van der Waals surface area contributed by atoms with Gasteiger partial charge in [-0.3, -0.25) is 0 Å². The van der Waals surface area contributed by atoms with Gasteiger partial charge < -0.3 is 9.53 Å². The molecule has 0 aliphatic rings. The van der Waals surface area contributed by atoms with E-state index in [0.29, 0.717) is 13.0 Å². The molecule has 0 aromatic carbocycles. The third-order valence-electron chi connectivity index (χ3n) is 3.60. The van der Waals surface area contributed by atoms with E-state index < -0.39 is 20.8 Å². The molecule has 1 N–H and O–H groups in total. The van der Waals surface area contributed by atoms with Crippen molar-refractivity contribution < 1.29 is 13.9 Å². The van der Waals surface area contributed by atoms with Gasteiger partial charge in [-0.2, -0.15) is 0 Å². The number of aliphatic hydroxyl groups excluding tert-OH is 1. The molecule has 0 saturated carbocycles. The summed E-state index contributed by atoms with van der Waals surface area (Å²) >= 11 is 0. The van der Waals surface area contributed by atoms with Crippen LogP contribution in [0.4, 0.5) is 4.39 Å². The molecule has 4 heteroatoms. The minimum absolute atomic E-state index is 0.237. The quantitative estimate of drug-likeness (QED) is 0.529. The summed E-state index contributed by atoms with van der Waals surface area (Å²) in [4.78, 5) is 0. The van der Waals surface area contributed by atoms with Gasteiger partial charge in [-0.25, -0.2) is 4.39 Å². The summed E-state index contributed by atoms with van der Waals surface area (Å²) in [5.41, 5.74) is 0. The number of hydrogen-bond donors (Lipinski definition) is 1. The predicted octanol–water partition coefficient (Wildman–Crippen LogP) is 4.02. The van der Waals surface area contributed by atoms with Gasteiger partial charge in [-0.15, -0.1) is 0 Å². The van der Waals surface area contributed by atoms with E-state index in [1.165, 1.54) is 6.08 Å². The van der Waals surface area contributed by atoms with Crippen LogP contribution in [0.25, 0.3) is 0 Å². The van der Waals surface area contributed by atoms with E-state index in [0.717, 1.165) is 12.8 Å². The summed E-state index contributed by atoms with van der Waals surface area (Å²) < 4.78 is 18.7. The first kappa shape index (κ1) is 16.8. The van der Waals surface area contributed by atoms with Gasteiger partial charge in [-0.1, -0.05) is 27.2 Å². The zero-order chi connectivity index (χ0) is 13.5. The maximum atomic E-state index is 12.7. The van der Waals surface area contributed by atoms with Gasteiger partial charge in [0.2, 0.25) is 0 Å². The van der Waals surface area contributed by atoms with Crippen LogP contribution in [0, 0.1) is 0 Å². The van der Waals surface area contributed by atoms with Gasteiger partial charge in [0.05, 0.1) is 6.61 Å². The summed E-state index contributed by atoms with van der Waals surface area (Å²) in [6.07, 6.45) is 4.25. The Kier molecular flexibility index (Phi) is 7.20. The SMILES string of the molecule is CCCC(C)(C)[Si](C)(C)OCCC=C(F)CO. The minimum Gasteiger partial charge on any atom is -0.417 e. The van der Waals surface area contributed by atoms with E-state index in [2.05, 4.69) is 33.9 Å². The lowest BCUT2D eigenvalue weighted by molar-refractivity contribution is 0.280. The molecule has 0 heterocycles. The zero-order valence-corrected chi connectivity index (χ0v) is 12.8. The maximum Gasteiger partial charge on any atom is 0.192 e. The Morgan fingerprint density at radius 2 is 2.00 bits per heavy atom. The van der Waals surface area contributed by atoms with Gasteiger partial charge in [0.15, 0.2) is 8.32 Å². The fourth-order valence-electron chi connectivity index (χ4n) is 1.72. The van der Waals surface area contributed by atoms with E-state index in [-0.39, 0.29) is 5.04 Å². The zero-order valence-electron chi connectivity index (χ0n) is 11.8. The maximum absolute atomic E-state index is 12.7. The van der Waals surface area contributed by atoms with Crippen molar-refractivity contribution in [1.82, 2.24) is 0 Å². The third kappa shape index (κ3) is 5.79. The lowest BCUT2D eigenvalue weighted by atomic mass is 10.1. The van der Waals surface area contributed by atoms with Crippen LogP contribution in [0.1, 0.15) is 40.0 Å². The molecule has 0 saturated heterocycles. The molecule has 0 atom stereocenters. The molecule has 0 fully saturated rings. The van der Waals surface area contributed by atoms with Crippen LogP contribution < -0.4 is 0 Å². The first-order chi connectivity index (χ1) is 7.77. The van der Waals surface area contributed by atoms with Crippen molar-refractivity contribution in [2.24, 2.45) is 0 Å². The van der Waals surface area contributed by atoms with Gasteiger partial charge in [0.25, 0.3) is 0 Å². The van der Waals surface area contributed by atoms with Crippen LogP contribution in [0.2, 0.25) is 18.1 Å². The molecule has 0 bridgehead atoms. The standard InChI is InChI=1S/C13H27FO2Si/c1-6-9-13(2,3)17(4,5)16-10-7-8-12(14)11-15/h8,15H,6-7,9-11H2,1-5H3. The normalized spacial score (nSPS) is 14.2. The van der Waals surface area contributed by atoms with Crippen molar-refractivity contribution in [2.75, 3.05) is 13.2 Å². The molecule has 0 unspecified atom stereocenters. The highest BCUT2D eigenvalue weighted by molar-refractivity contribution is 6.74. The smallest absolute Gasteiger partial charge is 0.192 e. The van der Waals surface area contributed by atoms with E-state index in [4.69, 9.17) is 9.53 Å². The van der Waals surface area contributed by atoms with Crippen LogP contribution in [-0.2, 0) is 4.43 Å². The fraction of sp³-hybridized carbons (Fsp3) is 0.846. The van der Waals surface area contributed by atoms with E-state index >= 15 is 0 Å². The third-order valence-corrected chi connectivity index (χ3v) is 8.04. The van der Waals surface area contributed by atoms with Gasteiger partial charge in [-0.05, 0) is 37.0 Å². The summed E-state index contributed by atoms with van der Waals surface area (Å²) in [7, 11) is -1.75. The van der Waals surface area contributed by atoms with Crippen molar-refractivity contribution in [1.29, 1.82) is 0 Å². The molecule has 0 spiro atoms. The summed E-state index contributed by atoms with van der Waals surface area (Å²) in [5.74, 6) is -0.471. The summed E-state index contributed by atoms with van der Waals surface area (Å²) in [5, 5.41) is 8.75. The Morgan fingerprint density at radius 1 is 1.41 bits per heavy atom. The first-order valence-corrected chi connectivity index (χ1v) is 9.27. The molecule has 0 aliphatic carbocycles. The second-order valence-corrected chi connectivity index (χ2v) is 10.3. The lowest BCUT2D eigenvalue weighted by Crippen LogP contribution is -2.42. The molecule has 0 rings (SSSR count). The van der Waals surface area contributed by atoms with Crippen LogP contribution >= 0.6 is 0 Å². The molecule has 0 radical (unpaired) electrons. The fourth-order valence-corrected chi connectivity index (χ4v) is 3.59. The Bertz CT molecular complexity index is 250. The highest BCUT2D eigenvalue weighted by Gasteiger charge is 2.39. The molecule has 102 valence electrons. The summed E-state index contributed by atoms with van der Waals surface area (Å²) in [6.45, 7) is 11.2. The summed E-state index contributed by atoms with van der Waals surface area (Å²) in [6, 6.07) is 0. The van der Waals surface area contributed by atoms with Crippen molar-refractivity contribution in [3.05, 3.63) is 11.9 Å². The highest BCUT2D eigenvalue weighted by atomic mass is 28.4. The average molecular weight is 262 g/mol. The molecular weight excluding hydrogens is 235 g/mol. The monoisotopic (exact) mass is 262 g/mol. The number of rotatable bonds is 8. The van der Waals surface area contributed by atoms with E-state index in [1.54, 1.807) is 0 Å². The van der Waals surface area contributed by atoms with Crippen LogP contribution in [-0.4, -0.2) is 26.6 Å². The number of halogens is 1. The molecule has 2 nitrogen and oxygen atoms in total. The molecule has 17 heavy (non-hydrogen) atoms. The predicted molar refractivity (Wildman–Crippen MR) is 73.3 cm³/mol.